The molecular formula is C12H13BrN4. The van der Waals surface area contributed by atoms with Gasteiger partial charge in [0.25, 0.3) is 0 Å². The molecule has 5 heteroatoms. The maximum absolute atomic E-state index is 5.82. The monoisotopic (exact) mass is 292 g/mol. The Bertz CT molecular complexity index is 513. The van der Waals surface area contributed by atoms with Crippen molar-refractivity contribution in [1.82, 2.24) is 10.2 Å². The van der Waals surface area contributed by atoms with E-state index < -0.39 is 0 Å². The highest BCUT2D eigenvalue weighted by atomic mass is 79.9. The van der Waals surface area contributed by atoms with Gasteiger partial charge in [-0.2, -0.15) is 10.2 Å². The highest BCUT2D eigenvalue weighted by Crippen LogP contribution is 2.27. The number of nitrogens with one attached hydrogen (secondary N) is 1. The Morgan fingerprint density at radius 1 is 1.41 bits per heavy atom. The Balaban J connectivity index is 2.12. The van der Waals surface area contributed by atoms with Crippen LogP contribution in [0.25, 0.3) is 0 Å². The van der Waals surface area contributed by atoms with Gasteiger partial charge < -0.3 is 11.1 Å². The maximum Gasteiger partial charge on any atom is 0.0821 e. The molecule has 0 radical (unpaired) electrons. The zero-order valence-electron chi connectivity index (χ0n) is 9.44. The molecule has 1 aromatic heterocycles. The first kappa shape index (κ1) is 11.9. The van der Waals surface area contributed by atoms with Gasteiger partial charge in [-0.3, -0.25) is 0 Å². The Morgan fingerprint density at radius 3 is 2.94 bits per heavy atom. The zero-order chi connectivity index (χ0) is 12.3. The summed E-state index contributed by atoms with van der Waals surface area (Å²) < 4.78 is 0.949. The van der Waals surface area contributed by atoms with Crippen LogP contribution in [0.4, 0.5) is 11.4 Å². The van der Waals surface area contributed by atoms with Crippen molar-refractivity contribution in [2.24, 2.45) is 0 Å². The number of rotatable bonds is 3. The molecule has 1 heterocycles. The SMILES string of the molecule is Cc1cc(NCc2cccnn2)c(Br)cc1N. The largest absolute Gasteiger partial charge is 0.398 e. The lowest BCUT2D eigenvalue weighted by molar-refractivity contribution is 0.924. The molecule has 2 rings (SSSR count). The predicted octanol–water partition coefficient (Wildman–Crippen LogP) is 2.74. The number of hydrogen-bond donors (Lipinski definition) is 2. The van der Waals surface area contributed by atoms with Crippen LogP contribution in [0.2, 0.25) is 0 Å². The van der Waals surface area contributed by atoms with Gasteiger partial charge in [-0.1, -0.05) is 0 Å². The van der Waals surface area contributed by atoms with E-state index in [1.165, 1.54) is 0 Å². The van der Waals surface area contributed by atoms with Gasteiger partial charge >= 0.3 is 0 Å². The van der Waals surface area contributed by atoms with Crippen LogP contribution < -0.4 is 11.1 Å². The molecule has 17 heavy (non-hydrogen) atoms. The van der Waals surface area contributed by atoms with E-state index in [4.69, 9.17) is 5.73 Å². The van der Waals surface area contributed by atoms with E-state index in [0.717, 1.165) is 27.1 Å². The molecule has 88 valence electrons. The van der Waals surface area contributed by atoms with E-state index in [1.54, 1.807) is 6.20 Å². The molecule has 0 saturated carbocycles. The third-order valence-electron chi connectivity index (χ3n) is 2.44. The molecule has 0 aliphatic rings. The highest BCUT2D eigenvalue weighted by Gasteiger charge is 2.03. The van der Waals surface area contributed by atoms with Crippen molar-refractivity contribution in [3.63, 3.8) is 0 Å². The number of nitrogen functional groups attached to an aromatic ring is 1. The Kier molecular flexibility index (Phi) is 3.58. The molecule has 0 saturated heterocycles. The van der Waals surface area contributed by atoms with Crippen LogP contribution in [0.15, 0.2) is 34.9 Å². The molecule has 0 amide bonds. The summed E-state index contributed by atoms with van der Waals surface area (Å²) in [6.07, 6.45) is 1.66. The van der Waals surface area contributed by atoms with Gasteiger partial charge in [-0.15, -0.1) is 0 Å². The topological polar surface area (TPSA) is 63.8 Å². The molecule has 0 fully saturated rings. The lowest BCUT2D eigenvalue weighted by Crippen LogP contribution is -2.03. The first-order valence-electron chi connectivity index (χ1n) is 5.23. The Morgan fingerprint density at radius 2 is 2.24 bits per heavy atom. The molecule has 1 aromatic carbocycles. The summed E-state index contributed by atoms with van der Waals surface area (Å²) in [4.78, 5) is 0. The number of aromatic nitrogens is 2. The number of anilines is 2. The van der Waals surface area contributed by atoms with Crippen LogP contribution in [-0.2, 0) is 6.54 Å². The van der Waals surface area contributed by atoms with E-state index >= 15 is 0 Å². The van der Waals surface area contributed by atoms with Crippen LogP contribution in [0, 0.1) is 6.92 Å². The number of nitrogens with zero attached hydrogens (tertiary/aromatic N) is 2. The fourth-order valence-corrected chi connectivity index (χ4v) is 1.95. The van der Waals surface area contributed by atoms with Crippen molar-refractivity contribution in [3.05, 3.63) is 46.2 Å². The standard InChI is InChI=1S/C12H13BrN4/c1-8-5-12(10(13)6-11(8)14)15-7-9-3-2-4-16-17-9/h2-6,15H,7,14H2,1H3. The summed E-state index contributed by atoms with van der Waals surface area (Å²) in [5, 5.41) is 11.1. The minimum atomic E-state index is 0.635. The molecule has 0 aliphatic heterocycles. The van der Waals surface area contributed by atoms with Crippen LogP contribution in [0.5, 0.6) is 0 Å². The highest BCUT2D eigenvalue weighted by molar-refractivity contribution is 9.10. The van der Waals surface area contributed by atoms with E-state index in [0.29, 0.717) is 6.54 Å². The third-order valence-corrected chi connectivity index (χ3v) is 3.10. The molecule has 3 N–H and O–H groups in total. The summed E-state index contributed by atoms with van der Waals surface area (Å²) in [5.74, 6) is 0. The molecule has 2 aromatic rings. The minimum Gasteiger partial charge on any atom is -0.398 e. The molecule has 0 bridgehead atoms. The number of hydrogen-bond acceptors (Lipinski definition) is 4. The van der Waals surface area contributed by atoms with Crippen LogP contribution in [-0.4, -0.2) is 10.2 Å². The molecular weight excluding hydrogens is 280 g/mol. The Hall–Kier alpha value is -1.62. The molecule has 4 nitrogen and oxygen atoms in total. The maximum atomic E-state index is 5.82. The molecule has 0 unspecified atom stereocenters. The fourth-order valence-electron chi connectivity index (χ4n) is 1.45. The van der Waals surface area contributed by atoms with Crippen molar-refractivity contribution in [1.29, 1.82) is 0 Å². The second-order valence-corrected chi connectivity index (χ2v) is 4.61. The van der Waals surface area contributed by atoms with Crippen molar-refractivity contribution in [2.75, 3.05) is 11.1 Å². The summed E-state index contributed by atoms with van der Waals surface area (Å²) in [6.45, 7) is 2.62. The normalized spacial score (nSPS) is 10.2. The van der Waals surface area contributed by atoms with Crippen molar-refractivity contribution < 1.29 is 0 Å². The van der Waals surface area contributed by atoms with E-state index in [-0.39, 0.29) is 0 Å². The quantitative estimate of drug-likeness (QED) is 0.854. The number of aryl methyl sites for hydroxylation is 1. The zero-order valence-corrected chi connectivity index (χ0v) is 11.0. The Labute approximate surface area is 108 Å². The van der Waals surface area contributed by atoms with E-state index in [2.05, 4.69) is 31.4 Å². The smallest absolute Gasteiger partial charge is 0.0821 e. The lowest BCUT2D eigenvalue weighted by Gasteiger charge is -2.10. The van der Waals surface area contributed by atoms with Crippen molar-refractivity contribution >= 4 is 27.3 Å². The number of benzene rings is 1. The van der Waals surface area contributed by atoms with Gasteiger partial charge in [0, 0.05) is 22.0 Å². The van der Waals surface area contributed by atoms with Crippen LogP contribution >= 0.6 is 15.9 Å². The average molecular weight is 293 g/mol. The third kappa shape index (κ3) is 2.94. The van der Waals surface area contributed by atoms with Crippen LogP contribution in [0.3, 0.4) is 0 Å². The first-order valence-corrected chi connectivity index (χ1v) is 6.02. The lowest BCUT2D eigenvalue weighted by atomic mass is 10.2. The van der Waals surface area contributed by atoms with Crippen LogP contribution in [0.1, 0.15) is 11.3 Å². The van der Waals surface area contributed by atoms with Gasteiger partial charge in [0.2, 0.25) is 0 Å². The second-order valence-electron chi connectivity index (χ2n) is 3.76. The second kappa shape index (κ2) is 5.14. The molecule has 0 aliphatic carbocycles. The van der Waals surface area contributed by atoms with E-state index in [9.17, 15) is 0 Å². The van der Waals surface area contributed by atoms with Crippen molar-refractivity contribution in [3.8, 4) is 0 Å². The van der Waals surface area contributed by atoms with Gasteiger partial charge in [0.1, 0.15) is 0 Å². The summed E-state index contributed by atoms with van der Waals surface area (Å²) in [5.41, 5.74) is 9.55. The van der Waals surface area contributed by atoms with Gasteiger partial charge in [-0.05, 0) is 52.7 Å². The molecule has 0 spiro atoms. The fraction of sp³-hybridized carbons (Fsp3) is 0.167. The minimum absolute atomic E-state index is 0.635. The van der Waals surface area contributed by atoms with Gasteiger partial charge in [-0.25, -0.2) is 0 Å². The van der Waals surface area contributed by atoms with E-state index in [1.807, 2.05) is 31.2 Å². The van der Waals surface area contributed by atoms with Crippen molar-refractivity contribution in [2.45, 2.75) is 13.5 Å². The summed E-state index contributed by atoms with van der Waals surface area (Å²) in [7, 11) is 0. The summed E-state index contributed by atoms with van der Waals surface area (Å²) >= 11 is 3.48. The summed E-state index contributed by atoms with van der Waals surface area (Å²) in [6, 6.07) is 7.70. The number of halogens is 1. The van der Waals surface area contributed by atoms with Gasteiger partial charge in [0.15, 0.2) is 0 Å². The molecule has 0 atom stereocenters. The van der Waals surface area contributed by atoms with Gasteiger partial charge in [0.05, 0.1) is 12.2 Å². The average Bonchev–Trinajstić information content (AvgIpc) is 2.33. The first-order chi connectivity index (χ1) is 8.16. The number of nitrogens with two attached hydrogens (primary N) is 1. The predicted molar refractivity (Wildman–Crippen MR) is 72.7 cm³/mol.